The molecular weight excluding hydrogens is 290 g/mol. The molecule has 0 bridgehead atoms. The highest BCUT2D eigenvalue weighted by molar-refractivity contribution is 9.10. The molecule has 0 heterocycles. The third-order valence-electron chi connectivity index (χ3n) is 3.03. The molecule has 0 aliphatic heterocycles. The van der Waals surface area contributed by atoms with Gasteiger partial charge in [-0.1, -0.05) is 54.4 Å². The van der Waals surface area contributed by atoms with Gasteiger partial charge in [0.05, 0.1) is 12.7 Å². The maximum atomic E-state index is 6.05. The van der Waals surface area contributed by atoms with E-state index in [-0.39, 0.29) is 12.1 Å². The smallest absolute Gasteiger partial charge is 0.0983 e. The largest absolute Gasteiger partial charge is 0.372 e. The molecule has 1 aromatic carbocycles. The van der Waals surface area contributed by atoms with Crippen molar-refractivity contribution >= 4 is 15.9 Å². The van der Waals surface area contributed by atoms with E-state index in [1.165, 1.54) is 12.8 Å². The molecule has 2 nitrogen and oxygen atoms in total. The van der Waals surface area contributed by atoms with Crippen molar-refractivity contribution in [2.45, 2.75) is 45.8 Å². The number of hydrogen-bond acceptors (Lipinski definition) is 2. The van der Waals surface area contributed by atoms with Gasteiger partial charge in [0.25, 0.3) is 0 Å². The van der Waals surface area contributed by atoms with Gasteiger partial charge in [0.2, 0.25) is 0 Å². The molecule has 0 saturated carbocycles. The van der Waals surface area contributed by atoms with Crippen LogP contribution in [-0.2, 0) is 4.74 Å². The van der Waals surface area contributed by atoms with Crippen molar-refractivity contribution in [1.29, 1.82) is 0 Å². The summed E-state index contributed by atoms with van der Waals surface area (Å²) in [5, 5.41) is 0. The van der Waals surface area contributed by atoms with Crippen molar-refractivity contribution in [3.8, 4) is 0 Å². The molecule has 102 valence electrons. The first-order valence-corrected chi connectivity index (χ1v) is 7.47. The quantitative estimate of drug-likeness (QED) is 0.815. The first-order chi connectivity index (χ1) is 8.56. The van der Waals surface area contributed by atoms with Gasteiger partial charge in [-0.2, -0.15) is 0 Å². The summed E-state index contributed by atoms with van der Waals surface area (Å²) >= 11 is 3.57. The van der Waals surface area contributed by atoms with Crippen LogP contribution in [0.25, 0.3) is 0 Å². The minimum Gasteiger partial charge on any atom is -0.372 e. The van der Waals surface area contributed by atoms with Gasteiger partial charge in [-0.25, -0.2) is 0 Å². The average molecular weight is 314 g/mol. The van der Waals surface area contributed by atoms with Crippen molar-refractivity contribution in [3.63, 3.8) is 0 Å². The second-order valence-corrected chi connectivity index (χ2v) is 5.88. The second kappa shape index (κ2) is 7.93. The van der Waals surface area contributed by atoms with Crippen molar-refractivity contribution in [1.82, 2.24) is 0 Å². The lowest BCUT2D eigenvalue weighted by Crippen LogP contribution is -2.28. The lowest BCUT2D eigenvalue weighted by atomic mass is 10.0. The van der Waals surface area contributed by atoms with Gasteiger partial charge in [-0.15, -0.1) is 0 Å². The maximum Gasteiger partial charge on any atom is 0.0983 e. The van der Waals surface area contributed by atoms with Crippen LogP contribution in [0, 0.1) is 5.92 Å². The Labute approximate surface area is 119 Å². The standard InChI is InChI=1S/C15H24BrNO/c1-4-7-11(2)10-18-15(12(3)17)13-8-5-6-9-14(13)16/h5-6,8-9,11-12,15H,4,7,10,17H2,1-3H3. The SMILES string of the molecule is CCCC(C)COC(c1ccccc1Br)C(C)N. The van der Waals surface area contributed by atoms with Crippen molar-refractivity contribution in [2.24, 2.45) is 11.7 Å². The number of halogens is 1. The van der Waals surface area contributed by atoms with Crippen LogP contribution in [-0.4, -0.2) is 12.6 Å². The van der Waals surface area contributed by atoms with Crippen LogP contribution in [0.15, 0.2) is 28.7 Å². The molecule has 0 aliphatic carbocycles. The molecule has 0 spiro atoms. The fourth-order valence-corrected chi connectivity index (χ4v) is 2.59. The van der Waals surface area contributed by atoms with Crippen LogP contribution >= 0.6 is 15.9 Å². The van der Waals surface area contributed by atoms with Crippen LogP contribution < -0.4 is 5.73 Å². The highest BCUT2D eigenvalue weighted by Crippen LogP contribution is 2.28. The van der Waals surface area contributed by atoms with E-state index in [2.05, 4.69) is 35.8 Å². The summed E-state index contributed by atoms with van der Waals surface area (Å²) in [6.07, 6.45) is 2.35. The first kappa shape index (κ1) is 15.7. The van der Waals surface area contributed by atoms with Crippen LogP contribution in [0.3, 0.4) is 0 Å². The number of nitrogens with two attached hydrogens (primary N) is 1. The Balaban J connectivity index is 2.69. The molecule has 18 heavy (non-hydrogen) atoms. The van der Waals surface area contributed by atoms with Crippen LogP contribution in [0.2, 0.25) is 0 Å². The molecule has 3 atom stereocenters. The molecule has 0 radical (unpaired) electrons. The fraction of sp³-hybridized carbons (Fsp3) is 0.600. The maximum absolute atomic E-state index is 6.05. The number of ether oxygens (including phenoxy) is 1. The number of rotatable bonds is 7. The van der Waals surface area contributed by atoms with Gasteiger partial charge >= 0.3 is 0 Å². The summed E-state index contributed by atoms with van der Waals surface area (Å²) in [7, 11) is 0. The zero-order chi connectivity index (χ0) is 13.5. The molecule has 2 N–H and O–H groups in total. The van der Waals surface area contributed by atoms with Crippen molar-refractivity contribution in [2.75, 3.05) is 6.61 Å². The highest BCUT2D eigenvalue weighted by atomic mass is 79.9. The minimum atomic E-state index is -0.0418. The predicted molar refractivity (Wildman–Crippen MR) is 80.6 cm³/mol. The molecule has 1 aromatic rings. The van der Waals surface area contributed by atoms with E-state index in [0.717, 1.165) is 16.6 Å². The molecule has 3 heteroatoms. The molecule has 0 aliphatic rings. The topological polar surface area (TPSA) is 35.2 Å². The summed E-state index contributed by atoms with van der Waals surface area (Å²) in [6, 6.07) is 8.11. The average Bonchev–Trinajstić information content (AvgIpc) is 2.31. The Morgan fingerprint density at radius 3 is 2.50 bits per heavy atom. The Morgan fingerprint density at radius 1 is 1.28 bits per heavy atom. The minimum absolute atomic E-state index is 0.0162. The van der Waals surface area contributed by atoms with Gasteiger partial charge < -0.3 is 10.5 Å². The summed E-state index contributed by atoms with van der Waals surface area (Å²) in [6.45, 7) is 7.19. The van der Waals surface area contributed by atoms with Gasteiger partial charge in [-0.05, 0) is 30.9 Å². The number of hydrogen-bond donors (Lipinski definition) is 1. The monoisotopic (exact) mass is 313 g/mol. The van der Waals surface area contributed by atoms with Crippen LogP contribution in [0.5, 0.6) is 0 Å². The van der Waals surface area contributed by atoms with E-state index < -0.39 is 0 Å². The van der Waals surface area contributed by atoms with E-state index in [4.69, 9.17) is 10.5 Å². The first-order valence-electron chi connectivity index (χ1n) is 6.67. The molecule has 3 unspecified atom stereocenters. The van der Waals surface area contributed by atoms with E-state index in [9.17, 15) is 0 Å². The predicted octanol–water partition coefficient (Wildman–Crippen LogP) is 4.29. The summed E-state index contributed by atoms with van der Waals surface area (Å²) in [5.74, 6) is 0.582. The third-order valence-corrected chi connectivity index (χ3v) is 3.75. The number of benzene rings is 1. The van der Waals surface area contributed by atoms with E-state index in [1.807, 2.05) is 25.1 Å². The van der Waals surface area contributed by atoms with Crippen LogP contribution in [0.1, 0.15) is 45.3 Å². The summed E-state index contributed by atoms with van der Waals surface area (Å²) in [4.78, 5) is 0. The normalized spacial score (nSPS) is 16.3. The lowest BCUT2D eigenvalue weighted by Gasteiger charge is -2.24. The molecule has 0 fully saturated rings. The van der Waals surface area contributed by atoms with Gasteiger partial charge in [-0.3, -0.25) is 0 Å². The Hall–Kier alpha value is -0.380. The van der Waals surface area contributed by atoms with Gasteiger partial charge in [0, 0.05) is 10.5 Å². The zero-order valence-electron chi connectivity index (χ0n) is 11.5. The van der Waals surface area contributed by atoms with E-state index in [1.54, 1.807) is 0 Å². The summed E-state index contributed by atoms with van der Waals surface area (Å²) < 4.78 is 7.09. The van der Waals surface area contributed by atoms with E-state index >= 15 is 0 Å². The molecule has 1 rings (SSSR count). The van der Waals surface area contributed by atoms with E-state index in [0.29, 0.717) is 5.92 Å². The lowest BCUT2D eigenvalue weighted by molar-refractivity contribution is 0.0169. The van der Waals surface area contributed by atoms with Crippen LogP contribution in [0.4, 0.5) is 0 Å². The molecule has 0 amide bonds. The Morgan fingerprint density at radius 2 is 1.94 bits per heavy atom. The fourth-order valence-electron chi connectivity index (χ4n) is 2.07. The van der Waals surface area contributed by atoms with Crippen molar-refractivity contribution in [3.05, 3.63) is 34.3 Å². The molecule has 0 saturated heterocycles. The van der Waals surface area contributed by atoms with Crippen molar-refractivity contribution < 1.29 is 4.74 Å². The Kier molecular flexibility index (Phi) is 6.90. The Bertz CT molecular complexity index is 354. The summed E-state index contributed by atoms with van der Waals surface area (Å²) in [5.41, 5.74) is 7.19. The van der Waals surface area contributed by atoms with Gasteiger partial charge in [0.15, 0.2) is 0 Å². The zero-order valence-corrected chi connectivity index (χ0v) is 13.1. The van der Waals surface area contributed by atoms with Gasteiger partial charge in [0.1, 0.15) is 0 Å². The second-order valence-electron chi connectivity index (χ2n) is 5.03. The molecular formula is C15H24BrNO. The molecule has 0 aromatic heterocycles. The third kappa shape index (κ3) is 4.71. The highest BCUT2D eigenvalue weighted by Gasteiger charge is 2.19.